The molecular formula is C14H18N2O3S2. The van der Waals surface area contributed by atoms with Gasteiger partial charge in [-0.2, -0.15) is 11.3 Å². The summed E-state index contributed by atoms with van der Waals surface area (Å²) in [6.07, 6.45) is -0.582. The second-order valence-corrected chi connectivity index (χ2v) is 7.03. The molecule has 1 atom stereocenters. The zero-order valence-electron chi connectivity index (χ0n) is 11.6. The lowest BCUT2D eigenvalue weighted by Gasteiger charge is -2.12. The van der Waals surface area contributed by atoms with E-state index < -0.39 is 16.1 Å². The average molecular weight is 326 g/mol. The van der Waals surface area contributed by atoms with Gasteiger partial charge in [0.25, 0.3) is 0 Å². The molecule has 5 nitrogen and oxygen atoms in total. The van der Waals surface area contributed by atoms with E-state index in [1.54, 1.807) is 19.1 Å². The largest absolute Gasteiger partial charge is 0.387 e. The van der Waals surface area contributed by atoms with Gasteiger partial charge in [0, 0.05) is 18.8 Å². The van der Waals surface area contributed by atoms with Crippen molar-refractivity contribution in [3.8, 4) is 0 Å². The Balaban J connectivity index is 1.97. The van der Waals surface area contributed by atoms with Crippen LogP contribution in [0, 0.1) is 0 Å². The molecule has 0 saturated carbocycles. The number of hydrogen-bond acceptors (Lipinski definition) is 5. The third-order valence-corrected chi connectivity index (χ3v) is 5.19. The predicted octanol–water partition coefficient (Wildman–Crippen LogP) is 2.19. The lowest BCUT2D eigenvalue weighted by molar-refractivity contribution is 0.192. The van der Waals surface area contributed by atoms with Gasteiger partial charge in [0.1, 0.15) is 0 Å². The van der Waals surface area contributed by atoms with E-state index in [1.807, 2.05) is 16.8 Å². The van der Waals surface area contributed by atoms with Crippen molar-refractivity contribution in [2.24, 2.45) is 0 Å². The van der Waals surface area contributed by atoms with E-state index in [4.69, 9.17) is 0 Å². The maximum absolute atomic E-state index is 11.8. The van der Waals surface area contributed by atoms with Crippen molar-refractivity contribution in [2.75, 3.05) is 18.4 Å². The van der Waals surface area contributed by atoms with Crippen LogP contribution in [0.25, 0.3) is 0 Å². The van der Waals surface area contributed by atoms with Gasteiger partial charge in [-0.3, -0.25) is 0 Å². The molecule has 0 bridgehead atoms. The number of rotatable bonds is 7. The molecule has 0 aliphatic carbocycles. The highest BCUT2D eigenvalue weighted by Crippen LogP contribution is 2.18. The second-order valence-electron chi connectivity index (χ2n) is 4.48. The minimum absolute atomic E-state index is 0.230. The fourth-order valence-electron chi connectivity index (χ4n) is 1.82. The highest BCUT2D eigenvalue weighted by Gasteiger charge is 2.12. The van der Waals surface area contributed by atoms with Crippen molar-refractivity contribution in [2.45, 2.75) is 17.9 Å². The van der Waals surface area contributed by atoms with Gasteiger partial charge in [0.2, 0.25) is 10.0 Å². The van der Waals surface area contributed by atoms with Gasteiger partial charge >= 0.3 is 0 Å². The highest BCUT2D eigenvalue weighted by molar-refractivity contribution is 7.89. The molecule has 2 rings (SSSR count). The number of aliphatic hydroxyl groups is 1. The first-order chi connectivity index (χ1) is 10.0. The van der Waals surface area contributed by atoms with Crippen molar-refractivity contribution in [3.63, 3.8) is 0 Å². The Morgan fingerprint density at radius 2 is 1.95 bits per heavy atom. The Labute approximate surface area is 128 Å². The molecule has 0 saturated heterocycles. The number of anilines is 1. The summed E-state index contributed by atoms with van der Waals surface area (Å²) in [5.74, 6) is 0. The Morgan fingerprint density at radius 3 is 2.52 bits per heavy atom. The number of hydrogen-bond donors (Lipinski definition) is 3. The summed E-state index contributed by atoms with van der Waals surface area (Å²) in [7, 11) is -3.42. The topological polar surface area (TPSA) is 78.4 Å². The summed E-state index contributed by atoms with van der Waals surface area (Å²) >= 11 is 1.54. The maximum Gasteiger partial charge on any atom is 0.240 e. The SMILES string of the molecule is CCNS(=O)(=O)c1ccc(NCC(O)c2ccsc2)cc1. The molecule has 21 heavy (non-hydrogen) atoms. The molecule has 0 aliphatic rings. The predicted molar refractivity (Wildman–Crippen MR) is 85.1 cm³/mol. The normalized spacial score (nSPS) is 13.0. The minimum Gasteiger partial charge on any atom is -0.387 e. The number of aliphatic hydroxyl groups excluding tert-OH is 1. The molecule has 7 heteroatoms. The van der Waals surface area contributed by atoms with Crippen molar-refractivity contribution in [1.29, 1.82) is 0 Å². The maximum atomic E-state index is 11.8. The third-order valence-electron chi connectivity index (χ3n) is 2.93. The van der Waals surface area contributed by atoms with E-state index in [2.05, 4.69) is 10.0 Å². The van der Waals surface area contributed by atoms with Gasteiger partial charge < -0.3 is 10.4 Å². The molecule has 0 radical (unpaired) electrons. The Kier molecular flexibility index (Phi) is 5.35. The van der Waals surface area contributed by atoms with Gasteiger partial charge in [-0.15, -0.1) is 0 Å². The molecule has 0 amide bonds. The summed E-state index contributed by atoms with van der Waals surface area (Å²) in [4.78, 5) is 0.230. The van der Waals surface area contributed by atoms with Crippen LogP contribution in [-0.4, -0.2) is 26.6 Å². The number of sulfonamides is 1. The lowest BCUT2D eigenvalue weighted by Crippen LogP contribution is -2.23. The van der Waals surface area contributed by atoms with Crippen LogP contribution in [0.5, 0.6) is 0 Å². The summed E-state index contributed by atoms with van der Waals surface area (Å²) in [6, 6.07) is 8.33. The Bertz CT molecular complexity index is 652. The number of thiophene rings is 1. The van der Waals surface area contributed by atoms with Crippen LogP contribution in [-0.2, 0) is 10.0 Å². The number of nitrogens with one attached hydrogen (secondary N) is 2. The highest BCUT2D eigenvalue weighted by atomic mass is 32.2. The molecule has 0 aliphatic heterocycles. The Hall–Kier alpha value is -1.41. The van der Waals surface area contributed by atoms with E-state index in [0.717, 1.165) is 11.3 Å². The lowest BCUT2D eigenvalue weighted by atomic mass is 10.2. The fourth-order valence-corrected chi connectivity index (χ4v) is 3.57. The van der Waals surface area contributed by atoms with E-state index in [9.17, 15) is 13.5 Å². The molecule has 1 aromatic heterocycles. The first kappa shape index (κ1) is 16.0. The quantitative estimate of drug-likeness (QED) is 0.729. The molecule has 0 fully saturated rings. The van der Waals surface area contributed by atoms with Crippen molar-refractivity contribution < 1.29 is 13.5 Å². The molecule has 2 aromatic rings. The van der Waals surface area contributed by atoms with Crippen LogP contribution in [0.4, 0.5) is 5.69 Å². The molecular weight excluding hydrogens is 308 g/mol. The van der Waals surface area contributed by atoms with E-state index >= 15 is 0 Å². The molecule has 1 aromatic carbocycles. The van der Waals surface area contributed by atoms with Crippen LogP contribution in [0.1, 0.15) is 18.6 Å². The van der Waals surface area contributed by atoms with Gasteiger partial charge in [-0.25, -0.2) is 13.1 Å². The molecule has 1 unspecified atom stereocenters. The summed E-state index contributed by atoms with van der Waals surface area (Å²) in [6.45, 7) is 2.46. The average Bonchev–Trinajstić information content (AvgIpc) is 2.99. The van der Waals surface area contributed by atoms with Crippen molar-refractivity contribution in [1.82, 2.24) is 4.72 Å². The summed E-state index contributed by atoms with van der Waals surface area (Å²) < 4.78 is 26.0. The van der Waals surface area contributed by atoms with Crippen LogP contribution < -0.4 is 10.0 Å². The second kappa shape index (κ2) is 7.04. The van der Waals surface area contributed by atoms with E-state index in [-0.39, 0.29) is 4.90 Å². The van der Waals surface area contributed by atoms with E-state index in [1.165, 1.54) is 23.5 Å². The standard InChI is InChI=1S/C14H18N2O3S2/c1-2-16-21(18,19)13-5-3-12(4-6-13)15-9-14(17)11-7-8-20-10-11/h3-8,10,14-17H,2,9H2,1H3. The smallest absolute Gasteiger partial charge is 0.240 e. The third kappa shape index (κ3) is 4.28. The van der Waals surface area contributed by atoms with Crippen LogP contribution in [0.15, 0.2) is 46.0 Å². The zero-order valence-corrected chi connectivity index (χ0v) is 13.2. The van der Waals surface area contributed by atoms with Crippen LogP contribution >= 0.6 is 11.3 Å². The number of benzene rings is 1. The Morgan fingerprint density at radius 1 is 1.24 bits per heavy atom. The molecule has 3 N–H and O–H groups in total. The molecule has 1 heterocycles. The van der Waals surface area contributed by atoms with Gasteiger partial charge in [0.05, 0.1) is 11.0 Å². The van der Waals surface area contributed by atoms with Crippen molar-refractivity contribution >= 4 is 27.0 Å². The summed E-state index contributed by atoms with van der Waals surface area (Å²) in [5, 5.41) is 16.9. The van der Waals surface area contributed by atoms with Gasteiger partial charge in [0.15, 0.2) is 0 Å². The minimum atomic E-state index is -3.42. The zero-order chi connectivity index (χ0) is 15.3. The van der Waals surface area contributed by atoms with Crippen LogP contribution in [0.2, 0.25) is 0 Å². The first-order valence-electron chi connectivity index (χ1n) is 6.56. The van der Waals surface area contributed by atoms with Crippen LogP contribution in [0.3, 0.4) is 0 Å². The summed E-state index contributed by atoms with van der Waals surface area (Å²) in [5.41, 5.74) is 1.64. The molecule has 114 valence electrons. The fraction of sp³-hybridized carbons (Fsp3) is 0.286. The molecule has 0 spiro atoms. The first-order valence-corrected chi connectivity index (χ1v) is 8.99. The van der Waals surface area contributed by atoms with Gasteiger partial charge in [-0.1, -0.05) is 6.92 Å². The van der Waals surface area contributed by atoms with Gasteiger partial charge in [-0.05, 0) is 46.7 Å². The monoisotopic (exact) mass is 326 g/mol. The van der Waals surface area contributed by atoms with E-state index in [0.29, 0.717) is 13.1 Å². The van der Waals surface area contributed by atoms with Crippen molar-refractivity contribution in [3.05, 3.63) is 46.7 Å².